The van der Waals surface area contributed by atoms with Gasteiger partial charge < -0.3 is 10.1 Å². The Morgan fingerprint density at radius 3 is 2.71 bits per heavy atom. The Labute approximate surface area is 183 Å². The van der Waals surface area contributed by atoms with Gasteiger partial charge in [-0.2, -0.15) is 0 Å². The SMILES string of the molecule is COc1cccc(CN2CCC[C@H]([C@H](NC(=O)c3ccccn3)c3ccccn3)C2)c1. The Morgan fingerprint density at radius 1 is 1.13 bits per heavy atom. The number of amides is 1. The number of pyridine rings is 2. The van der Waals surface area contributed by atoms with Crippen LogP contribution in [0.5, 0.6) is 5.75 Å². The molecule has 3 aromatic rings. The lowest BCUT2D eigenvalue weighted by atomic mass is 9.88. The van der Waals surface area contributed by atoms with Crippen LogP contribution in [0.2, 0.25) is 0 Å². The van der Waals surface area contributed by atoms with Crippen molar-refractivity contribution in [2.75, 3.05) is 20.2 Å². The van der Waals surface area contributed by atoms with E-state index in [1.165, 1.54) is 5.56 Å². The molecule has 2 aromatic heterocycles. The number of likely N-dealkylation sites (tertiary alicyclic amines) is 1. The number of nitrogens with zero attached hydrogens (tertiary/aromatic N) is 3. The lowest BCUT2D eigenvalue weighted by Gasteiger charge is -2.37. The predicted octanol–water partition coefficient (Wildman–Crippen LogP) is 3.87. The van der Waals surface area contributed by atoms with Gasteiger partial charge in [-0.05, 0) is 67.3 Å². The van der Waals surface area contributed by atoms with Gasteiger partial charge in [0.15, 0.2) is 0 Å². The second-order valence-corrected chi connectivity index (χ2v) is 7.91. The number of nitrogens with one attached hydrogen (secondary N) is 1. The van der Waals surface area contributed by atoms with Crippen LogP contribution >= 0.6 is 0 Å². The minimum Gasteiger partial charge on any atom is -0.497 e. The number of carbonyl (C=O) groups is 1. The molecule has 3 heterocycles. The molecule has 1 aromatic carbocycles. The van der Waals surface area contributed by atoms with E-state index in [-0.39, 0.29) is 17.9 Å². The van der Waals surface area contributed by atoms with E-state index < -0.39 is 0 Å². The predicted molar refractivity (Wildman–Crippen MR) is 120 cm³/mol. The monoisotopic (exact) mass is 416 g/mol. The third-order valence-corrected chi connectivity index (χ3v) is 5.74. The fraction of sp³-hybridized carbons (Fsp3) is 0.320. The van der Waals surface area contributed by atoms with Crippen LogP contribution in [0.25, 0.3) is 0 Å². The average Bonchev–Trinajstić information content (AvgIpc) is 2.84. The lowest BCUT2D eigenvalue weighted by Crippen LogP contribution is -2.43. The Balaban J connectivity index is 1.51. The molecule has 2 atom stereocenters. The van der Waals surface area contributed by atoms with Crippen LogP contribution in [0, 0.1) is 5.92 Å². The molecule has 0 spiro atoms. The van der Waals surface area contributed by atoms with Crippen LogP contribution in [0.4, 0.5) is 0 Å². The average molecular weight is 417 g/mol. The van der Waals surface area contributed by atoms with Crippen molar-refractivity contribution in [3.8, 4) is 5.75 Å². The molecular weight excluding hydrogens is 388 g/mol. The summed E-state index contributed by atoms with van der Waals surface area (Å²) in [6.45, 7) is 2.79. The Hall–Kier alpha value is -3.25. The van der Waals surface area contributed by atoms with Crippen LogP contribution in [0.1, 0.15) is 40.6 Å². The van der Waals surface area contributed by atoms with Gasteiger partial charge in [-0.1, -0.05) is 24.3 Å². The van der Waals surface area contributed by atoms with Gasteiger partial charge in [0.25, 0.3) is 5.91 Å². The maximum absolute atomic E-state index is 12.9. The Morgan fingerprint density at radius 2 is 1.97 bits per heavy atom. The standard InChI is InChI=1S/C25H28N4O2/c1-31-21-10-6-8-19(16-21)17-29-15-7-9-20(18-29)24(22-11-2-4-13-26-22)28-25(30)23-12-3-5-14-27-23/h2-6,8,10-14,16,20,24H,7,9,15,17-18H2,1H3,(H,28,30)/t20-,24-/m0/s1. The van der Waals surface area contributed by atoms with E-state index in [0.717, 1.165) is 43.9 Å². The number of hydrogen-bond donors (Lipinski definition) is 1. The van der Waals surface area contributed by atoms with Crippen molar-refractivity contribution < 1.29 is 9.53 Å². The maximum Gasteiger partial charge on any atom is 0.270 e. The zero-order valence-electron chi connectivity index (χ0n) is 17.8. The summed E-state index contributed by atoms with van der Waals surface area (Å²) in [6.07, 6.45) is 5.54. The van der Waals surface area contributed by atoms with Crippen molar-refractivity contribution >= 4 is 5.91 Å². The first-order valence-corrected chi connectivity index (χ1v) is 10.7. The first-order valence-electron chi connectivity index (χ1n) is 10.7. The molecule has 1 fully saturated rings. The molecule has 0 radical (unpaired) electrons. The summed E-state index contributed by atoms with van der Waals surface area (Å²) < 4.78 is 5.37. The van der Waals surface area contributed by atoms with Gasteiger partial charge in [-0.3, -0.25) is 19.7 Å². The molecule has 0 bridgehead atoms. The first-order chi connectivity index (χ1) is 15.2. The van der Waals surface area contributed by atoms with Crippen molar-refractivity contribution in [2.45, 2.75) is 25.4 Å². The maximum atomic E-state index is 12.9. The van der Waals surface area contributed by atoms with Gasteiger partial charge in [0.1, 0.15) is 11.4 Å². The van der Waals surface area contributed by atoms with E-state index in [2.05, 4.69) is 32.3 Å². The highest BCUT2D eigenvalue weighted by atomic mass is 16.5. The summed E-state index contributed by atoms with van der Waals surface area (Å²) in [6, 6.07) is 19.3. The van der Waals surface area contributed by atoms with E-state index in [9.17, 15) is 4.79 Å². The van der Waals surface area contributed by atoms with Crippen molar-refractivity contribution in [2.24, 2.45) is 5.92 Å². The Kier molecular flexibility index (Phi) is 6.89. The molecule has 0 unspecified atom stereocenters. The largest absolute Gasteiger partial charge is 0.497 e. The quantitative estimate of drug-likeness (QED) is 0.633. The smallest absolute Gasteiger partial charge is 0.270 e. The van der Waals surface area contributed by atoms with Crippen LogP contribution in [-0.2, 0) is 6.54 Å². The molecule has 1 amide bonds. The van der Waals surface area contributed by atoms with Crippen molar-refractivity contribution in [1.82, 2.24) is 20.2 Å². The molecule has 1 N–H and O–H groups in total. The van der Waals surface area contributed by atoms with Crippen LogP contribution in [0.3, 0.4) is 0 Å². The molecule has 1 saturated heterocycles. The molecule has 1 aliphatic heterocycles. The number of carbonyl (C=O) groups excluding carboxylic acids is 1. The minimum absolute atomic E-state index is 0.163. The number of piperidine rings is 1. The van der Waals surface area contributed by atoms with E-state index in [0.29, 0.717) is 5.69 Å². The van der Waals surface area contributed by atoms with E-state index in [1.807, 2.05) is 42.5 Å². The summed E-state index contributed by atoms with van der Waals surface area (Å²) in [4.78, 5) is 24.1. The normalized spacial score (nSPS) is 17.6. The number of methoxy groups -OCH3 is 1. The molecule has 160 valence electrons. The minimum atomic E-state index is -0.166. The van der Waals surface area contributed by atoms with Gasteiger partial charge in [-0.15, -0.1) is 0 Å². The molecule has 6 heteroatoms. The van der Waals surface area contributed by atoms with Crippen LogP contribution in [-0.4, -0.2) is 41.0 Å². The van der Waals surface area contributed by atoms with E-state index in [4.69, 9.17) is 4.74 Å². The molecule has 1 aliphatic rings. The first kappa shape index (κ1) is 21.0. The highest BCUT2D eigenvalue weighted by Crippen LogP contribution is 2.30. The highest BCUT2D eigenvalue weighted by Gasteiger charge is 2.31. The number of ether oxygens (including phenoxy) is 1. The van der Waals surface area contributed by atoms with Crippen molar-refractivity contribution in [3.63, 3.8) is 0 Å². The summed E-state index contributed by atoms with van der Waals surface area (Å²) in [7, 11) is 1.69. The molecule has 31 heavy (non-hydrogen) atoms. The number of hydrogen-bond acceptors (Lipinski definition) is 5. The fourth-order valence-electron chi connectivity index (χ4n) is 4.24. The highest BCUT2D eigenvalue weighted by molar-refractivity contribution is 5.92. The topological polar surface area (TPSA) is 67.3 Å². The van der Waals surface area contributed by atoms with Crippen LogP contribution in [0.15, 0.2) is 73.1 Å². The molecule has 6 nitrogen and oxygen atoms in total. The second kappa shape index (κ2) is 10.2. The van der Waals surface area contributed by atoms with Gasteiger partial charge in [0, 0.05) is 25.5 Å². The van der Waals surface area contributed by atoms with Crippen molar-refractivity contribution in [3.05, 3.63) is 90.0 Å². The summed E-state index contributed by atoms with van der Waals surface area (Å²) >= 11 is 0. The van der Waals surface area contributed by atoms with Crippen molar-refractivity contribution in [1.29, 1.82) is 0 Å². The Bertz CT molecular complexity index is 981. The number of rotatable bonds is 7. The van der Waals surface area contributed by atoms with Gasteiger partial charge in [0.05, 0.1) is 18.8 Å². The molecule has 0 aliphatic carbocycles. The zero-order chi connectivity index (χ0) is 21.5. The molecular formula is C25H28N4O2. The van der Waals surface area contributed by atoms with E-state index >= 15 is 0 Å². The van der Waals surface area contributed by atoms with Gasteiger partial charge in [0.2, 0.25) is 0 Å². The third kappa shape index (κ3) is 5.47. The zero-order valence-corrected chi connectivity index (χ0v) is 17.8. The fourth-order valence-corrected chi connectivity index (χ4v) is 4.24. The second-order valence-electron chi connectivity index (χ2n) is 7.91. The van der Waals surface area contributed by atoms with Crippen LogP contribution < -0.4 is 10.1 Å². The molecule has 4 rings (SSSR count). The lowest BCUT2D eigenvalue weighted by molar-refractivity contribution is 0.0870. The third-order valence-electron chi connectivity index (χ3n) is 5.74. The number of aromatic nitrogens is 2. The van der Waals surface area contributed by atoms with E-state index in [1.54, 1.807) is 25.6 Å². The molecule has 0 saturated carbocycles. The number of benzene rings is 1. The summed E-state index contributed by atoms with van der Waals surface area (Å²) in [5.41, 5.74) is 2.54. The van der Waals surface area contributed by atoms with Gasteiger partial charge >= 0.3 is 0 Å². The summed E-state index contributed by atoms with van der Waals surface area (Å²) in [5, 5.41) is 3.21. The van der Waals surface area contributed by atoms with Gasteiger partial charge in [-0.25, -0.2) is 0 Å². The summed E-state index contributed by atoms with van der Waals surface area (Å²) in [5.74, 6) is 0.975.